The highest BCUT2D eigenvalue weighted by Crippen LogP contribution is 2.39. The average Bonchev–Trinajstić information content (AvgIpc) is 3.01. The lowest BCUT2D eigenvalue weighted by molar-refractivity contribution is -0.141. The molecular formula is C15H20N2O3S. The van der Waals surface area contributed by atoms with E-state index in [1.807, 2.05) is 30.7 Å². The molecule has 0 radical (unpaired) electrons. The molecule has 21 heavy (non-hydrogen) atoms. The first-order valence-electron chi connectivity index (χ1n) is 7.34. The fraction of sp³-hybridized carbons (Fsp3) is 0.600. The number of thioether (sulfide) groups is 1. The molecule has 1 saturated heterocycles. The Bertz CT molecular complexity index is 565. The predicted octanol–water partition coefficient (Wildman–Crippen LogP) is 2.45. The van der Waals surface area contributed by atoms with Gasteiger partial charge in [0.25, 0.3) is 5.91 Å². The van der Waals surface area contributed by atoms with E-state index in [-0.39, 0.29) is 17.2 Å². The minimum Gasteiger partial charge on any atom is -0.480 e. The summed E-state index contributed by atoms with van der Waals surface area (Å²) in [5.41, 5.74) is 0.622. The van der Waals surface area contributed by atoms with Crippen LogP contribution in [0.25, 0.3) is 0 Å². The summed E-state index contributed by atoms with van der Waals surface area (Å²) in [6.45, 7) is 4.06. The SMILES string of the molecule is CC(C)C1SCC(C(=O)O)N1C(=O)c1cccn1C1CC1. The van der Waals surface area contributed by atoms with Gasteiger partial charge in [0, 0.05) is 18.0 Å². The quantitative estimate of drug-likeness (QED) is 0.928. The van der Waals surface area contributed by atoms with Gasteiger partial charge in [-0.15, -0.1) is 11.8 Å². The molecule has 3 rings (SSSR count). The molecule has 2 unspecified atom stereocenters. The standard InChI is InChI=1S/C15H20N2O3S/c1-9(2)14-17(12(8-21-14)15(19)20)13(18)11-4-3-7-16(11)10-5-6-10/h3-4,7,9-10,12,14H,5-6,8H2,1-2H3,(H,19,20). The molecule has 1 amide bonds. The van der Waals surface area contributed by atoms with Crippen LogP contribution in [0.2, 0.25) is 0 Å². The molecule has 1 aliphatic carbocycles. The van der Waals surface area contributed by atoms with Gasteiger partial charge < -0.3 is 14.6 Å². The zero-order valence-corrected chi connectivity index (χ0v) is 13.0. The van der Waals surface area contributed by atoms with E-state index in [4.69, 9.17) is 0 Å². The number of carboxylic acids is 1. The van der Waals surface area contributed by atoms with Crippen molar-refractivity contribution in [3.05, 3.63) is 24.0 Å². The Morgan fingerprint density at radius 3 is 2.67 bits per heavy atom. The molecule has 5 nitrogen and oxygen atoms in total. The van der Waals surface area contributed by atoms with Gasteiger partial charge in [0.15, 0.2) is 0 Å². The van der Waals surface area contributed by atoms with Crippen molar-refractivity contribution < 1.29 is 14.7 Å². The van der Waals surface area contributed by atoms with Gasteiger partial charge in [0.1, 0.15) is 11.7 Å². The summed E-state index contributed by atoms with van der Waals surface area (Å²) in [5.74, 6) is -0.368. The summed E-state index contributed by atoms with van der Waals surface area (Å²) < 4.78 is 2.00. The number of amides is 1. The molecule has 1 aromatic heterocycles. The molecule has 1 aromatic rings. The number of aliphatic carboxylic acids is 1. The third kappa shape index (κ3) is 2.57. The van der Waals surface area contributed by atoms with Gasteiger partial charge >= 0.3 is 5.97 Å². The summed E-state index contributed by atoms with van der Waals surface area (Å²) >= 11 is 1.57. The minimum atomic E-state index is -0.913. The average molecular weight is 308 g/mol. The summed E-state index contributed by atoms with van der Waals surface area (Å²) in [7, 11) is 0. The van der Waals surface area contributed by atoms with Gasteiger partial charge in [-0.2, -0.15) is 0 Å². The highest BCUT2D eigenvalue weighted by atomic mass is 32.2. The first-order chi connectivity index (χ1) is 10.0. The second-order valence-electron chi connectivity index (χ2n) is 6.07. The van der Waals surface area contributed by atoms with E-state index in [2.05, 4.69) is 0 Å². The van der Waals surface area contributed by atoms with Crippen molar-refractivity contribution in [2.24, 2.45) is 5.92 Å². The maximum Gasteiger partial charge on any atom is 0.327 e. The fourth-order valence-corrected chi connectivity index (χ4v) is 4.34. The van der Waals surface area contributed by atoms with Crippen molar-refractivity contribution in [2.45, 2.75) is 44.1 Å². The number of rotatable bonds is 4. The van der Waals surface area contributed by atoms with Crippen molar-refractivity contribution in [2.75, 3.05) is 5.75 Å². The molecule has 114 valence electrons. The molecule has 1 saturated carbocycles. The first kappa shape index (κ1) is 14.5. The van der Waals surface area contributed by atoms with Crippen LogP contribution in [0.5, 0.6) is 0 Å². The van der Waals surface area contributed by atoms with E-state index in [9.17, 15) is 14.7 Å². The Morgan fingerprint density at radius 2 is 2.10 bits per heavy atom. The van der Waals surface area contributed by atoms with Gasteiger partial charge in [-0.3, -0.25) is 4.79 Å². The zero-order chi connectivity index (χ0) is 15.1. The highest BCUT2D eigenvalue weighted by Gasteiger charge is 2.44. The lowest BCUT2D eigenvalue weighted by Gasteiger charge is -2.30. The van der Waals surface area contributed by atoms with Crippen LogP contribution in [-0.2, 0) is 4.79 Å². The Hall–Kier alpha value is -1.43. The van der Waals surface area contributed by atoms with Crippen LogP contribution in [0.3, 0.4) is 0 Å². The molecule has 0 spiro atoms. The molecular weight excluding hydrogens is 288 g/mol. The smallest absolute Gasteiger partial charge is 0.327 e. The Morgan fingerprint density at radius 1 is 1.38 bits per heavy atom. The van der Waals surface area contributed by atoms with E-state index >= 15 is 0 Å². The van der Waals surface area contributed by atoms with E-state index in [0.717, 1.165) is 12.8 Å². The summed E-state index contributed by atoms with van der Waals surface area (Å²) in [5, 5.41) is 9.34. The Kier molecular flexibility index (Phi) is 3.73. The minimum absolute atomic E-state index is 0.0684. The highest BCUT2D eigenvalue weighted by molar-refractivity contribution is 8.00. The zero-order valence-electron chi connectivity index (χ0n) is 12.2. The number of hydrogen-bond donors (Lipinski definition) is 1. The lowest BCUT2D eigenvalue weighted by Crippen LogP contribution is -2.47. The van der Waals surface area contributed by atoms with Crippen molar-refractivity contribution in [1.29, 1.82) is 0 Å². The lowest BCUT2D eigenvalue weighted by atomic mass is 10.1. The van der Waals surface area contributed by atoms with Crippen LogP contribution >= 0.6 is 11.8 Å². The van der Waals surface area contributed by atoms with Crippen molar-refractivity contribution in [3.63, 3.8) is 0 Å². The third-order valence-corrected chi connectivity index (χ3v) is 5.68. The molecule has 2 atom stereocenters. The van der Waals surface area contributed by atoms with Crippen molar-refractivity contribution >= 4 is 23.6 Å². The van der Waals surface area contributed by atoms with Gasteiger partial charge in [-0.1, -0.05) is 13.8 Å². The third-order valence-electron chi connectivity index (χ3n) is 4.06. The molecule has 0 bridgehead atoms. The maximum absolute atomic E-state index is 12.9. The van der Waals surface area contributed by atoms with Gasteiger partial charge in [-0.05, 0) is 30.9 Å². The Labute approximate surface area is 128 Å². The summed E-state index contributed by atoms with van der Waals surface area (Å²) in [6, 6.07) is 3.36. The van der Waals surface area contributed by atoms with Crippen LogP contribution in [-0.4, -0.2) is 43.6 Å². The van der Waals surface area contributed by atoms with Gasteiger partial charge in [0.2, 0.25) is 0 Å². The molecule has 2 fully saturated rings. The van der Waals surface area contributed by atoms with Crippen LogP contribution in [0.15, 0.2) is 18.3 Å². The van der Waals surface area contributed by atoms with Crippen LogP contribution in [0, 0.1) is 5.92 Å². The molecule has 1 N–H and O–H groups in total. The largest absolute Gasteiger partial charge is 0.480 e. The van der Waals surface area contributed by atoms with E-state index in [1.165, 1.54) is 0 Å². The van der Waals surface area contributed by atoms with E-state index in [0.29, 0.717) is 17.5 Å². The molecule has 2 aliphatic rings. The Balaban J connectivity index is 1.92. The summed E-state index contributed by atoms with van der Waals surface area (Å²) in [4.78, 5) is 26.0. The van der Waals surface area contributed by atoms with Crippen molar-refractivity contribution in [3.8, 4) is 0 Å². The second-order valence-corrected chi connectivity index (χ2v) is 7.22. The summed E-state index contributed by atoms with van der Waals surface area (Å²) in [6.07, 6.45) is 4.12. The predicted molar refractivity (Wildman–Crippen MR) is 81.4 cm³/mol. The number of carbonyl (C=O) groups is 2. The molecule has 2 heterocycles. The topological polar surface area (TPSA) is 62.5 Å². The van der Waals surface area contributed by atoms with Crippen LogP contribution in [0.4, 0.5) is 0 Å². The number of aromatic nitrogens is 1. The van der Waals surface area contributed by atoms with Gasteiger partial charge in [-0.25, -0.2) is 4.79 Å². The monoisotopic (exact) mass is 308 g/mol. The molecule has 1 aliphatic heterocycles. The van der Waals surface area contributed by atoms with Crippen LogP contribution < -0.4 is 0 Å². The first-order valence-corrected chi connectivity index (χ1v) is 8.39. The van der Waals surface area contributed by atoms with Crippen molar-refractivity contribution in [1.82, 2.24) is 9.47 Å². The van der Waals surface area contributed by atoms with E-state index < -0.39 is 12.0 Å². The second kappa shape index (κ2) is 5.40. The normalized spacial score (nSPS) is 25.6. The van der Waals surface area contributed by atoms with Crippen LogP contribution in [0.1, 0.15) is 43.2 Å². The number of hydrogen-bond acceptors (Lipinski definition) is 3. The molecule has 0 aromatic carbocycles. The maximum atomic E-state index is 12.9. The fourth-order valence-electron chi connectivity index (χ4n) is 2.87. The number of carboxylic acid groups (broad SMARTS) is 1. The number of nitrogens with zero attached hydrogens (tertiary/aromatic N) is 2. The van der Waals surface area contributed by atoms with Gasteiger partial charge in [0.05, 0.1) is 5.37 Å². The molecule has 6 heteroatoms. The number of carbonyl (C=O) groups excluding carboxylic acids is 1. The van der Waals surface area contributed by atoms with E-state index in [1.54, 1.807) is 22.7 Å².